The number of aromatic amines is 1. The number of benzene rings is 1. The Balaban J connectivity index is 0.783. The van der Waals surface area contributed by atoms with E-state index in [0.717, 1.165) is 39.0 Å². The molecule has 41 nitrogen and oxygen atoms in total. The summed E-state index contributed by atoms with van der Waals surface area (Å²) < 4.78 is 51.8. The number of aliphatic carboxylic acids is 2. The molecule has 4 aliphatic rings. The first-order valence-corrected chi connectivity index (χ1v) is 49.4. The Morgan fingerprint density at radius 1 is 0.746 bits per heavy atom. The zero-order valence-electron chi connectivity index (χ0n) is 77.2. The fourth-order valence-corrected chi connectivity index (χ4v) is 19.4. The fraction of sp³-hybridized carbons (Fsp3) is 0.618. The van der Waals surface area contributed by atoms with Crippen molar-refractivity contribution in [2.45, 2.75) is 231 Å². The van der Waals surface area contributed by atoms with E-state index in [-0.39, 0.29) is 147 Å². The number of carbonyl (C=O) groups is 14. The molecule has 15 N–H and O–H groups in total. The van der Waals surface area contributed by atoms with Crippen LogP contribution >= 0.6 is 43.2 Å². The number of allylic oxidation sites excluding steroid dienone is 6. The smallest absolute Gasteiger partial charge is 0.480 e. The van der Waals surface area contributed by atoms with E-state index in [1.54, 1.807) is 60.1 Å². The first-order valence-electron chi connectivity index (χ1n) is 44.4. The molecule has 3 fully saturated rings. The summed E-state index contributed by atoms with van der Waals surface area (Å²) in [6.45, 7) is 13.0. The molecule has 5 heterocycles. The van der Waals surface area contributed by atoms with Crippen LogP contribution in [0, 0.1) is 40.9 Å². The number of ketones is 3. The zero-order valence-corrected chi connectivity index (χ0v) is 80.5. The van der Waals surface area contributed by atoms with Crippen LogP contribution in [-0.4, -0.2) is 285 Å². The lowest BCUT2D eigenvalue weighted by Gasteiger charge is -2.42. The van der Waals surface area contributed by atoms with Crippen LogP contribution in [0.1, 0.15) is 168 Å². The van der Waals surface area contributed by atoms with Gasteiger partial charge in [-0.2, -0.15) is 4.98 Å². The van der Waals surface area contributed by atoms with Gasteiger partial charge in [-0.3, -0.25) is 54.0 Å². The van der Waals surface area contributed by atoms with E-state index in [1.807, 2.05) is 56.6 Å². The van der Waals surface area contributed by atoms with Crippen LogP contribution in [0.15, 0.2) is 78.1 Å². The zero-order chi connectivity index (χ0) is 98.3. The SMILES string of the molecule is CO[C@H]1C[C@@H]2CC[C@@H](C)[C@@](O)(O2)C(=O)C(=O)N2CCCC[C@H]2C(=O)O[C@H]([C@H](C)C[C@@H]2CC[C@@H](OCCOC(=O)OCCSSCCC(=O)NC[C@H](NC(C)=O)C(=O)N[C@@H](CSSCCOC(=O)NNC(=O)CC[C@H](NC(=O)c3ccc(NCc4cnc5nc(N)[nH]c(=N)c5n4)cc3)C(=O)O)C(=O)O)[C@H](OC)C2)CC(=O)[C@H](C)/C=C(\C)[C@@H](O)[C@@H](OC)C(=O)[C@H](C)C[C@H](C)/C=C/C=CC=C1C. The number of hydrogen-bond donors (Lipinski definition) is 14. The van der Waals surface area contributed by atoms with Crippen molar-refractivity contribution in [2.75, 3.05) is 94.9 Å². The van der Waals surface area contributed by atoms with Crippen LogP contribution in [0.5, 0.6) is 0 Å². The number of aromatic nitrogens is 4. The number of carboxylic acid groups (broad SMARTS) is 2. The summed E-state index contributed by atoms with van der Waals surface area (Å²) in [4.78, 5) is 201. The summed E-state index contributed by atoms with van der Waals surface area (Å²) in [6.07, 6.45) is 8.46. The topological polar surface area (TPSA) is 595 Å². The van der Waals surface area contributed by atoms with E-state index in [4.69, 9.17) is 53.8 Å². The Hall–Kier alpha value is -10.1. The van der Waals surface area contributed by atoms with Gasteiger partial charge in [0.2, 0.25) is 35.4 Å². The summed E-state index contributed by atoms with van der Waals surface area (Å²) in [5.41, 5.74) is 12.4. The van der Waals surface area contributed by atoms with Crippen molar-refractivity contribution in [3.63, 3.8) is 0 Å². The highest BCUT2D eigenvalue weighted by Crippen LogP contribution is 2.39. The first kappa shape index (κ1) is 111. The highest BCUT2D eigenvalue weighted by molar-refractivity contribution is 8.77. The number of nitrogen functional groups attached to an aromatic ring is 1. The highest BCUT2D eigenvalue weighted by Gasteiger charge is 2.53. The second-order valence-electron chi connectivity index (χ2n) is 33.5. The maximum absolute atomic E-state index is 14.8. The molecule has 18 atom stereocenters. The average Bonchev–Trinajstić information content (AvgIpc) is 0.762. The van der Waals surface area contributed by atoms with Crippen LogP contribution < -0.4 is 48.7 Å². The van der Waals surface area contributed by atoms with Crippen molar-refractivity contribution < 1.29 is 130 Å². The number of aliphatic hydroxyl groups excluding tert-OH is 1. The molecular formula is C89H128N14O27S4. The second-order valence-corrected chi connectivity index (χ2v) is 38.8. The van der Waals surface area contributed by atoms with Gasteiger partial charge in [0.25, 0.3) is 17.6 Å². The lowest BCUT2D eigenvalue weighted by Crippen LogP contribution is -2.61. The Bertz CT molecular complexity index is 4700. The number of hydrogen-bond acceptors (Lipinski definition) is 35. The molecule has 3 aliphatic heterocycles. The number of methoxy groups -OCH3 is 3. The second kappa shape index (κ2) is 56.4. The quantitative estimate of drug-likeness (QED) is 0.00556. The lowest BCUT2D eigenvalue weighted by atomic mass is 9.78. The van der Waals surface area contributed by atoms with Gasteiger partial charge in [-0.1, -0.05) is 114 Å². The van der Waals surface area contributed by atoms with E-state index in [2.05, 4.69) is 51.9 Å². The number of ether oxygens (including phenoxy) is 9. The number of aliphatic hydroxyl groups is 2. The van der Waals surface area contributed by atoms with Crippen LogP contribution in [0.2, 0.25) is 0 Å². The van der Waals surface area contributed by atoms with Crippen molar-refractivity contribution in [2.24, 2.45) is 35.5 Å². The third-order valence-corrected chi connectivity index (χ3v) is 28.0. The van der Waals surface area contributed by atoms with E-state index < -0.39 is 174 Å². The Kier molecular flexibility index (Phi) is 46.7. The van der Waals surface area contributed by atoms with Crippen LogP contribution in [-0.2, 0) is 102 Å². The maximum atomic E-state index is 14.8. The fourth-order valence-electron chi connectivity index (χ4n) is 15.6. The van der Waals surface area contributed by atoms with Crippen molar-refractivity contribution in [3.05, 3.63) is 94.8 Å². The van der Waals surface area contributed by atoms with Gasteiger partial charge in [0.15, 0.2) is 22.4 Å². The molecule has 2 bridgehead atoms. The molecule has 0 spiro atoms. The molecule has 7 rings (SSSR count). The van der Waals surface area contributed by atoms with Crippen molar-refractivity contribution >= 4 is 149 Å². The number of esters is 1. The Labute approximate surface area is 793 Å². The highest BCUT2D eigenvalue weighted by atomic mass is 33.1. The number of nitrogens with zero attached hydrogens (tertiary/aromatic N) is 4. The number of H-pyrrole nitrogens is 1. The molecule has 2 saturated heterocycles. The van der Waals surface area contributed by atoms with Gasteiger partial charge in [0.1, 0.15) is 68.1 Å². The minimum atomic E-state index is -2.51. The lowest BCUT2D eigenvalue weighted by molar-refractivity contribution is -0.265. The van der Waals surface area contributed by atoms with Crippen LogP contribution in [0.4, 0.5) is 21.2 Å². The standard InChI is InChI=1S/C89H128N14O27S4/c1-49-17-13-12-14-18-50(2)68(122-9)43-61-26-20-55(7)89(121,130-61)77(110)82(113)103-31-16-15-19-65(103)85(118)129-69(44-66(105)51(3)40-54(6)75(109)76(124-11)74(108)53(5)39-49)52(4)41-57-21-28-67(70(42-57)123-10)125-32-33-127-88(120)128-35-38-132-131-36-30-71(106)93-47-63(95-56(8)104)81(112)98-64(84(116)117)48-134-133-37-34-126-87(119)102-101-72(107)29-27-62(83(114)115)97-80(111)58-22-24-59(25-23-58)92-45-60-46-94-79-73(96-60)78(90)99-86(91)100-79/h12-14,17-18,22-25,40,46,49,51-53,55,57,61-65,67-70,75-76,92,109,121H,15-16,19-21,26-39,41-45,47-48H2,1-11H3,(H,93,106)(H,95,104)(H,97,111)(H,98,112)(H,101,107)(H,102,119)(H,114,115)(H,116,117)(H4,90,91,94,99,100)/b14-12?,17-13+,50-18?,54-40+/t49-,51-,52-,53-,55-,57+,61+,62+,63+,64+,65+,67-,68+,69+,70-,75-,76+,89-/m1/s1. The minimum absolute atomic E-state index is 0.00507. The van der Waals surface area contributed by atoms with Gasteiger partial charge in [-0.25, -0.2) is 39.4 Å². The molecule has 1 aromatic carbocycles. The van der Waals surface area contributed by atoms with Crippen molar-refractivity contribution in [3.8, 4) is 0 Å². The predicted molar refractivity (Wildman–Crippen MR) is 497 cm³/mol. The summed E-state index contributed by atoms with van der Waals surface area (Å²) in [6, 6.07) is 0.494. The van der Waals surface area contributed by atoms with E-state index in [9.17, 15) is 87.5 Å². The van der Waals surface area contributed by atoms with Crippen LogP contribution in [0.3, 0.4) is 0 Å². The number of carbonyl (C=O) groups excluding carboxylic acids is 12. The Morgan fingerprint density at radius 3 is 2.16 bits per heavy atom. The van der Waals surface area contributed by atoms with Gasteiger partial charge in [0, 0.05) is 119 Å². The summed E-state index contributed by atoms with van der Waals surface area (Å²) in [5.74, 6) is -14.8. The van der Waals surface area contributed by atoms with Gasteiger partial charge in [-0.05, 0) is 138 Å². The van der Waals surface area contributed by atoms with Gasteiger partial charge >= 0.3 is 30.2 Å². The van der Waals surface area contributed by atoms with E-state index in [0.29, 0.717) is 80.5 Å². The number of Topliss-reactive ketones (excluding diaryl/α,β-unsaturated/α-hetero) is 3. The summed E-state index contributed by atoms with van der Waals surface area (Å²) in [5, 5.41) is 64.3. The van der Waals surface area contributed by atoms with E-state index >= 15 is 0 Å². The monoisotopic (exact) mass is 1950 g/mol. The molecule has 2 aromatic heterocycles. The number of anilines is 2. The molecule has 0 unspecified atom stereocenters. The number of piperidine rings is 1. The minimum Gasteiger partial charge on any atom is -0.480 e. The maximum Gasteiger partial charge on any atom is 0.508 e. The average molecular weight is 1950 g/mol. The molecule has 134 heavy (non-hydrogen) atoms. The van der Waals surface area contributed by atoms with Crippen molar-refractivity contribution in [1.29, 1.82) is 5.41 Å². The molecule has 1 aliphatic carbocycles. The number of fused-ring (bicyclic) bond motifs is 4. The number of amides is 7. The van der Waals surface area contributed by atoms with Crippen molar-refractivity contribution in [1.82, 2.24) is 57.0 Å². The molecule has 0 radical (unpaired) electrons. The molecule has 1 saturated carbocycles. The first-order chi connectivity index (χ1) is 63.8. The normalized spacial score (nSPS) is 25.3. The summed E-state index contributed by atoms with van der Waals surface area (Å²) in [7, 11) is 9.13. The predicted octanol–water partition coefficient (Wildman–Crippen LogP) is 6.46. The number of nitrogens with one attached hydrogen (secondary N) is 9. The number of hydrazine groups is 1. The number of cyclic esters (lactones) is 1. The van der Waals surface area contributed by atoms with E-state index in [1.165, 1.54) is 47.0 Å². The molecule has 740 valence electrons. The largest absolute Gasteiger partial charge is 0.508 e. The molecule has 7 amide bonds. The van der Waals surface area contributed by atoms with Crippen LogP contribution in [0.25, 0.3) is 11.2 Å². The third kappa shape index (κ3) is 35.9. The summed E-state index contributed by atoms with van der Waals surface area (Å²) >= 11 is 0. The third-order valence-electron chi connectivity index (χ3n) is 23.2. The molecule has 45 heteroatoms. The van der Waals surface area contributed by atoms with Gasteiger partial charge in [-0.15, -0.1) is 0 Å². The molecule has 3 aromatic rings. The Morgan fingerprint density at radius 2 is 1.46 bits per heavy atom. The number of carboxylic acids is 2. The van der Waals surface area contributed by atoms with Gasteiger partial charge < -0.3 is 105 Å². The number of rotatable bonds is 38. The van der Waals surface area contributed by atoms with Gasteiger partial charge in [0.05, 0.1) is 49.5 Å². The molecular weight excluding hydrogens is 1830 g/mol. The number of nitrogens with two attached hydrogens (primary N) is 1.